The first-order chi connectivity index (χ1) is 9.46. The van der Waals surface area contributed by atoms with Gasteiger partial charge in [0.15, 0.2) is 0 Å². The highest BCUT2D eigenvalue weighted by molar-refractivity contribution is 7.89. The molecular formula is C15H20N2O2S. The number of hydrogen-bond acceptors (Lipinski definition) is 3. The molecule has 0 aliphatic heterocycles. The Balaban J connectivity index is 2.30. The average Bonchev–Trinajstić information content (AvgIpc) is 2.35. The Hall–Kier alpha value is -1.35. The monoisotopic (exact) mass is 292 g/mol. The summed E-state index contributed by atoms with van der Waals surface area (Å²) in [5, 5.41) is 0. The number of nitrogens with zero attached hydrogens (tertiary/aromatic N) is 1. The third kappa shape index (κ3) is 2.88. The lowest BCUT2D eigenvalue weighted by molar-refractivity contribution is 0.249. The van der Waals surface area contributed by atoms with E-state index in [2.05, 4.69) is 11.8 Å². The van der Waals surface area contributed by atoms with Gasteiger partial charge in [0.2, 0.25) is 10.0 Å². The van der Waals surface area contributed by atoms with Crippen LogP contribution in [0.25, 0.3) is 0 Å². The van der Waals surface area contributed by atoms with Crippen LogP contribution in [0.3, 0.4) is 0 Å². The average molecular weight is 292 g/mol. The molecule has 2 rings (SSSR count). The summed E-state index contributed by atoms with van der Waals surface area (Å²) in [5.74, 6) is 5.72. The Labute approximate surface area is 121 Å². The van der Waals surface area contributed by atoms with Gasteiger partial charge in [0, 0.05) is 18.7 Å². The Bertz CT molecular complexity index is 652. The second-order valence-corrected chi connectivity index (χ2v) is 7.09. The predicted molar refractivity (Wildman–Crippen MR) is 79.7 cm³/mol. The summed E-state index contributed by atoms with van der Waals surface area (Å²) in [5.41, 5.74) is 7.02. The van der Waals surface area contributed by atoms with E-state index in [0.717, 1.165) is 30.4 Å². The van der Waals surface area contributed by atoms with E-state index < -0.39 is 10.0 Å². The summed E-state index contributed by atoms with van der Waals surface area (Å²) >= 11 is 0. The molecule has 1 saturated carbocycles. The summed E-state index contributed by atoms with van der Waals surface area (Å²) in [6, 6.07) is 5.21. The number of benzene rings is 1. The van der Waals surface area contributed by atoms with E-state index in [9.17, 15) is 8.42 Å². The van der Waals surface area contributed by atoms with Crippen molar-refractivity contribution in [3.05, 3.63) is 29.3 Å². The van der Waals surface area contributed by atoms with Gasteiger partial charge in [-0.2, -0.15) is 4.31 Å². The standard InChI is InChI=1S/C15H20N2O2S/c1-12-11-15(9-8-13(12)5-4-10-16)20(18,19)17(2)14-6-3-7-14/h8-9,11,14H,3,6-7,10,16H2,1-2H3. The molecule has 0 bridgehead atoms. The van der Waals surface area contributed by atoms with E-state index in [1.807, 2.05) is 6.92 Å². The van der Waals surface area contributed by atoms with Gasteiger partial charge in [-0.25, -0.2) is 8.42 Å². The third-order valence-corrected chi connectivity index (χ3v) is 5.69. The lowest BCUT2D eigenvalue weighted by atomic mass is 9.94. The normalized spacial score (nSPS) is 15.6. The zero-order chi connectivity index (χ0) is 14.8. The molecule has 0 heterocycles. The Morgan fingerprint density at radius 2 is 2.10 bits per heavy atom. The number of aryl methyl sites for hydroxylation is 1. The number of hydrogen-bond donors (Lipinski definition) is 1. The molecule has 5 heteroatoms. The van der Waals surface area contributed by atoms with E-state index >= 15 is 0 Å². The van der Waals surface area contributed by atoms with E-state index in [4.69, 9.17) is 5.73 Å². The van der Waals surface area contributed by atoms with Crippen LogP contribution in [0.5, 0.6) is 0 Å². The molecular weight excluding hydrogens is 272 g/mol. The van der Waals surface area contributed by atoms with Crippen molar-refractivity contribution in [1.82, 2.24) is 4.31 Å². The molecule has 1 aliphatic carbocycles. The van der Waals surface area contributed by atoms with Crippen molar-refractivity contribution in [3.63, 3.8) is 0 Å². The summed E-state index contributed by atoms with van der Waals surface area (Å²) in [6.07, 6.45) is 3.01. The van der Waals surface area contributed by atoms with Gasteiger partial charge in [0.25, 0.3) is 0 Å². The van der Waals surface area contributed by atoms with Crippen molar-refractivity contribution in [1.29, 1.82) is 0 Å². The molecule has 4 nitrogen and oxygen atoms in total. The summed E-state index contributed by atoms with van der Waals surface area (Å²) in [7, 11) is -1.74. The van der Waals surface area contributed by atoms with Gasteiger partial charge in [-0.05, 0) is 43.5 Å². The minimum absolute atomic E-state index is 0.150. The van der Waals surface area contributed by atoms with Gasteiger partial charge in [-0.3, -0.25) is 0 Å². The fraction of sp³-hybridized carbons (Fsp3) is 0.467. The fourth-order valence-electron chi connectivity index (χ4n) is 2.20. The lowest BCUT2D eigenvalue weighted by Crippen LogP contribution is -2.41. The number of rotatable bonds is 3. The maximum absolute atomic E-state index is 12.5. The smallest absolute Gasteiger partial charge is 0.243 e. The van der Waals surface area contributed by atoms with Crippen molar-refractivity contribution >= 4 is 10.0 Å². The quantitative estimate of drug-likeness (QED) is 0.858. The highest BCUT2D eigenvalue weighted by Gasteiger charge is 2.31. The summed E-state index contributed by atoms with van der Waals surface area (Å²) in [4.78, 5) is 0.336. The molecule has 2 N–H and O–H groups in total. The summed E-state index contributed by atoms with van der Waals surface area (Å²) < 4.78 is 26.5. The van der Waals surface area contributed by atoms with Gasteiger partial charge in [0.1, 0.15) is 0 Å². The van der Waals surface area contributed by atoms with Crippen LogP contribution in [-0.4, -0.2) is 32.4 Å². The molecule has 1 aromatic rings. The van der Waals surface area contributed by atoms with Crippen molar-refractivity contribution in [3.8, 4) is 11.8 Å². The van der Waals surface area contributed by atoms with Crippen molar-refractivity contribution in [2.24, 2.45) is 5.73 Å². The van der Waals surface area contributed by atoms with Gasteiger partial charge < -0.3 is 5.73 Å². The van der Waals surface area contributed by atoms with E-state index in [1.165, 1.54) is 4.31 Å². The summed E-state index contributed by atoms with van der Waals surface area (Å²) in [6.45, 7) is 2.16. The highest BCUT2D eigenvalue weighted by Crippen LogP contribution is 2.28. The molecule has 0 atom stereocenters. The lowest BCUT2D eigenvalue weighted by Gasteiger charge is -2.33. The van der Waals surface area contributed by atoms with Crippen molar-refractivity contribution < 1.29 is 8.42 Å². The third-order valence-electron chi connectivity index (χ3n) is 3.79. The molecule has 0 spiro atoms. The van der Waals surface area contributed by atoms with Gasteiger partial charge in [0.05, 0.1) is 11.4 Å². The molecule has 108 valence electrons. The molecule has 0 amide bonds. The molecule has 1 aliphatic rings. The Kier molecular flexibility index (Phi) is 4.48. The molecule has 1 aromatic carbocycles. The van der Waals surface area contributed by atoms with Crippen molar-refractivity contribution in [2.45, 2.75) is 37.1 Å². The van der Waals surface area contributed by atoms with E-state index in [-0.39, 0.29) is 6.04 Å². The molecule has 0 saturated heterocycles. The second kappa shape index (κ2) is 5.96. The maximum Gasteiger partial charge on any atom is 0.243 e. The first-order valence-electron chi connectivity index (χ1n) is 6.74. The second-order valence-electron chi connectivity index (χ2n) is 5.09. The molecule has 0 unspecified atom stereocenters. The van der Waals surface area contributed by atoms with Crippen LogP contribution in [-0.2, 0) is 10.0 Å². The highest BCUT2D eigenvalue weighted by atomic mass is 32.2. The van der Waals surface area contributed by atoms with Crippen LogP contribution in [0.4, 0.5) is 0 Å². The van der Waals surface area contributed by atoms with Crippen LogP contribution in [0.2, 0.25) is 0 Å². The first-order valence-corrected chi connectivity index (χ1v) is 8.18. The van der Waals surface area contributed by atoms with E-state index in [1.54, 1.807) is 25.2 Å². The maximum atomic E-state index is 12.5. The zero-order valence-corrected chi connectivity index (χ0v) is 12.7. The van der Waals surface area contributed by atoms with E-state index in [0.29, 0.717) is 11.4 Å². The minimum atomic E-state index is -3.40. The van der Waals surface area contributed by atoms with Crippen molar-refractivity contribution in [2.75, 3.05) is 13.6 Å². The van der Waals surface area contributed by atoms with Crippen LogP contribution in [0.15, 0.2) is 23.1 Å². The number of nitrogens with two attached hydrogens (primary N) is 1. The van der Waals surface area contributed by atoms with Gasteiger partial charge in [-0.15, -0.1) is 0 Å². The largest absolute Gasteiger partial charge is 0.320 e. The Morgan fingerprint density at radius 1 is 1.40 bits per heavy atom. The SMILES string of the molecule is Cc1cc(S(=O)(=O)N(C)C2CCC2)ccc1C#CCN. The first kappa shape index (κ1) is 15.0. The predicted octanol–water partition coefficient (Wildman–Crippen LogP) is 1.48. The van der Waals surface area contributed by atoms with Crippen LogP contribution in [0, 0.1) is 18.8 Å². The van der Waals surface area contributed by atoms with Crippen LogP contribution < -0.4 is 5.73 Å². The molecule has 20 heavy (non-hydrogen) atoms. The zero-order valence-electron chi connectivity index (χ0n) is 11.9. The minimum Gasteiger partial charge on any atom is -0.320 e. The molecule has 1 fully saturated rings. The fourth-order valence-corrected chi connectivity index (χ4v) is 3.70. The molecule has 0 aromatic heterocycles. The van der Waals surface area contributed by atoms with Crippen LogP contribution >= 0.6 is 0 Å². The topological polar surface area (TPSA) is 63.4 Å². The van der Waals surface area contributed by atoms with Gasteiger partial charge >= 0.3 is 0 Å². The van der Waals surface area contributed by atoms with Crippen LogP contribution in [0.1, 0.15) is 30.4 Å². The molecule has 0 radical (unpaired) electrons. The van der Waals surface area contributed by atoms with Gasteiger partial charge in [-0.1, -0.05) is 18.3 Å². The number of sulfonamides is 1. The Morgan fingerprint density at radius 3 is 2.60 bits per heavy atom.